The maximum absolute atomic E-state index is 6.39. The predicted octanol–water partition coefficient (Wildman–Crippen LogP) is 5.56. The molecule has 0 saturated carbocycles. The van der Waals surface area contributed by atoms with Crippen LogP contribution in [0.5, 0.6) is 0 Å². The van der Waals surface area contributed by atoms with Gasteiger partial charge in [-0.3, -0.25) is 0 Å². The molecule has 0 N–H and O–H groups in total. The number of nitrogens with zero attached hydrogens (tertiary/aromatic N) is 2. The van der Waals surface area contributed by atoms with Gasteiger partial charge in [0, 0.05) is 0 Å². The zero-order valence-electron chi connectivity index (χ0n) is 16.1. The first-order chi connectivity index (χ1) is 8.83. The minimum absolute atomic E-state index is 0.244. The molecule has 0 fully saturated rings. The van der Waals surface area contributed by atoms with Crippen molar-refractivity contribution in [2.75, 3.05) is 0 Å². The predicted molar refractivity (Wildman–Crippen MR) is 86.0 cm³/mol. The number of rotatable bonds is 2. The standard InChI is InChI=1S/2C4H9N.2C4H9O.Mo/c4*1-4(2,3)5;/h4*1-3H3;/q;;2*-1;+2. The van der Waals surface area contributed by atoms with Crippen molar-refractivity contribution in [2.24, 2.45) is 6.99 Å². The summed E-state index contributed by atoms with van der Waals surface area (Å²) >= 11 is -3.74. The van der Waals surface area contributed by atoms with Crippen molar-refractivity contribution >= 4 is 0 Å². The van der Waals surface area contributed by atoms with E-state index in [1.54, 1.807) is 0 Å². The van der Waals surface area contributed by atoms with Gasteiger partial charge in [-0.25, -0.2) is 0 Å². The summed E-state index contributed by atoms with van der Waals surface area (Å²) in [6.45, 7) is 24.7. The molecule has 0 bridgehead atoms. The van der Waals surface area contributed by atoms with Gasteiger partial charge in [-0.05, 0) is 0 Å². The molecule has 0 rings (SSSR count). The van der Waals surface area contributed by atoms with Crippen LogP contribution in [-0.2, 0) is 23.2 Å². The molecule has 0 saturated heterocycles. The van der Waals surface area contributed by atoms with Crippen LogP contribution in [0.3, 0.4) is 0 Å². The Morgan fingerprint density at radius 1 is 0.524 bits per heavy atom. The van der Waals surface area contributed by atoms with Crippen LogP contribution in [0.25, 0.3) is 0 Å². The molecule has 0 spiro atoms. The van der Waals surface area contributed by atoms with Crippen molar-refractivity contribution in [3.8, 4) is 0 Å². The van der Waals surface area contributed by atoms with Crippen LogP contribution in [0.1, 0.15) is 83.1 Å². The Labute approximate surface area is 135 Å². The van der Waals surface area contributed by atoms with Crippen molar-refractivity contribution in [1.82, 2.24) is 0 Å². The molecule has 0 radical (unpaired) electrons. The second kappa shape index (κ2) is 6.37. The Morgan fingerprint density at radius 3 is 0.905 bits per heavy atom. The van der Waals surface area contributed by atoms with E-state index in [1.165, 1.54) is 0 Å². The summed E-state index contributed by atoms with van der Waals surface area (Å²) in [6, 6.07) is 0. The van der Waals surface area contributed by atoms with Gasteiger partial charge < -0.3 is 0 Å². The second-order valence-corrected chi connectivity index (χ2v) is 13.3. The quantitative estimate of drug-likeness (QED) is 0.585. The van der Waals surface area contributed by atoms with Crippen molar-refractivity contribution in [1.29, 1.82) is 0 Å². The van der Waals surface area contributed by atoms with E-state index < -0.39 is 16.5 Å². The van der Waals surface area contributed by atoms with Gasteiger partial charge in [-0.2, -0.15) is 0 Å². The van der Waals surface area contributed by atoms with Gasteiger partial charge in [0.1, 0.15) is 0 Å². The van der Waals surface area contributed by atoms with Crippen molar-refractivity contribution in [3.63, 3.8) is 0 Å². The van der Waals surface area contributed by atoms with Gasteiger partial charge >= 0.3 is 136 Å². The normalized spacial score (nSPS) is 15.0. The Hall–Kier alpha value is 0.208. The Morgan fingerprint density at radius 2 is 0.762 bits per heavy atom. The molecule has 4 nitrogen and oxygen atoms in total. The van der Waals surface area contributed by atoms with E-state index in [1.807, 2.05) is 41.5 Å². The van der Waals surface area contributed by atoms with Crippen molar-refractivity contribution in [2.45, 2.75) is 105 Å². The Balaban J connectivity index is 6.39. The molecule has 0 heterocycles. The van der Waals surface area contributed by atoms with Gasteiger partial charge in [-0.15, -0.1) is 0 Å². The molecule has 0 aromatic rings. The topological polar surface area (TPSA) is 43.2 Å². The fraction of sp³-hybridized carbons (Fsp3) is 1.00. The van der Waals surface area contributed by atoms with Crippen LogP contribution in [0.4, 0.5) is 0 Å². The number of hydrogen-bond acceptors (Lipinski definition) is 4. The summed E-state index contributed by atoms with van der Waals surface area (Å²) in [5.41, 5.74) is -1.16. The van der Waals surface area contributed by atoms with Crippen molar-refractivity contribution in [3.05, 3.63) is 0 Å². The van der Waals surface area contributed by atoms with Gasteiger partial charge in [0.05, 0.1) is 0 Å². The minimum atomic E-state index is -3.74. The summed E-state index contributed by atoms with van der Waals surface area (Å²) in [7, 11) is 0. The van der Waals surface area contributed by atoms with E-state index in [0.717, 1.165) is 0 Å². The SMILES string of the molecule is CC(C)(C)[N]=[Mo](=[N]C(C)(C)C)([O]C(C)(C)C)[O]C(C)(C)C. The van der Waals surface area contributed by atoms with E-state index in [-0.39, 0.29) is 22.3 Å². The number of hydrogen-bond donors (Lipinski definition) is 0. The third-order valence-corrected chi connectivity index (χ3v) is 8.85. The first kappa shape index (κ1) is 21.2. The van der Waals surface area contributed by atoms with Crippen LogP contribution in [0, 0.1) is 0 Å². The fourth-order valence-corrected chi connectivity index (χ4v) is 8.61. The van der Waals surface area contributed by atoms with Crippen LogP contribution in [-0.4, -0.2) is 22.3 Å². The molecule has 128 valence electrons. The second-order valence-electron chi connectivity index (χ2n) is 9.36. The van der Waals surface area contributed by atoms with E-state index in [4.69, 9.17) is 13.8 Å². The summed E-state index contributed by atoms with van der Waals surface area (Å²) < 4.78 is 22.7. The van der Waals surface area contributed by atoms with Gasteiger partial charge in [0.15, 0.2) is 0 Å². The van der Waals surface area contributed by atoms with E-state index in [9.17, 15) is 0 Å². The fourth-order valence-electron chi connectivity index (χ4n) is 1.46. The Bertz CT molecular complexity index is 412. The third-order valence-electron chi connectivity index (χ3n) is 1.50. The average molecular weight is 384 g/mol. The molecule has 21 heavy (non-hydrogen) atoms. The molecule has 0 amide bonds. The van der Waals surface area contributed by atoms with Crippen LogP contribution < -0.4 is 0 Å². The first-order valence-electron chi connectivity index (χ1n) is 7.55. The van der Waals surface area contributed by atoms with E-state index in [2.05, 4.69) is 41.5 Å². The molecular weight excluding hydrogens is 348 g/mol. The van der Waals surface area contributed by atoms with Crippen LogP contribution in [0.2, 0.25) is 0 Å². The Kier molecular flexibility index (Phi) is 6.43. The van der Waals surface area contributed by atoms with E-state index in [0.29, 0.717) is 0 Å². The van der Waals surface area contributed by atoms with Crippen molar-refractivity contribution < 1.29 is 23.2 Å². The molecule has 0 unspecified atom stereocenters. The summed E-state index contributed by atoms with van der Waals surface area (Å²) in [5.74, 6) is 0. The molecule has 0 aliphatic carbocycles. The molecule has 0 atom stereocenters. The zero-order valence-corrected chi connectivity index (χ0v) is 18.1. The molecular formula is C16H36MoN2O2. The summed E-state index contributed by atoms with van der Waals surface area (Å²) in [4.78, 5) is 0. The molecule has 0 aromatic carbocycles. The average Bonchev–Trinajstić information content (AvgIpc) is 1.83. The first-order valence-corrected chi connectivity index (χ1v) is 11.0. The van der Waals surface area contributed by atoms with Gasteiger partial charge in [0.2, 0.25) is 0 Å². The summed E-state index contributed by atoms with van der Waals surface area (Å²) in [5, 5.41) is 0. The van der Waals surface area contributed by atoms with Gasteiger partial charge in [-0.1, -0.05) is 0 Å². The van der Waals surface area contributed by atoms with E-state index >= 15 is 0 Å². The van der Waals surface area contributed by atoms with Crippen LogP contribution >= 0.6 is 0 Å². The third kappa shape index (κ3) is 11.4. The molecule has 0 aliphatic heterocycles. The van der Waals surface area contributed by atoms with Crippen LogP contribution in [0.15, 0.2) is 6.99 Å². The molecule has 0 aromatic heterocycles. The maximum atomic E-state index is 6.39. The van der Waals surface area contributed by atoms with Gasteiger partial charge in [0.25, 0.3) is 0 Å². The summed E-state index contributed by atoms with van der Waals surface area (Å²) in [6.07, 6.45) is 0. The monoisotopic (exact) mass is 386 g/mol. The molecule has 0 aliphatic rings. The zero-order chi connectivity index (χ0) is 17.3. The molecule has 5 heteroatoms.